The molecule has 0 bridgehead atoms. The Kier molecular flexibility index (Phi) is 4.87. The third-order valence-electron chi connectivity index (χ3n) is 4.97. The molecule has 0 saturated heterocycles. The smallest absolute Gasteiger partial charge is 0.0331 e. The van der Waals surface area contributed by atoms with Crippen molar-refractivity contribution in [2.45, 2.75) is 70.3 Å². The van der Waals surface area contributed by atoms with Crippen LogP contribution in [0.1, 0.15) is 64.7 Å². The highest BCUT2D eigenvalue weighted by Gasteiger charge is 2.35. The fourth-order valence-electron chi connectivity index (χ4n) is 3.51. The molecule has 0 radical (unpaired) electrons. The van der Waals surface area contributed by atoms with Crippen LogP contribution in [0.4, 0.5) is 0 Å². The monoisotopic (exact) mass is 238 g/mol. The van der Waals surface area contributed by atoms with Crippen LogP contribution < -0.4 is 5.73 Å². The summed E-state index contributed by atoms with van der Waals surface area (Å²) in [5, 5.41) is 0. The molecule has 0 aromatic carbocycles. The molecule has 2 nitrogen and oxygen atoms in total. The summed E-state index contributed by atoms with van der Waals surface area (Å²) >= 11 is 0. The van der Waals surface area contributed by atoms with Gasteiger partial charge in [-0.3, -0.25) is 4.90 Å². The predicted molar refractivity (Wildman–Crippen MR) is 74.1 cm³/mol. The lowest BCUT2D eigenvalue weighted by atomic mass is 9.87. The highest BCUT2D eigenvalue weighted by molar-refractivity contribution is 4.93. The Labute approximate surface area is 107 Å². The Hall–Kier alpha value is -0.0800. The molecule has 0 aromatic rings. The second-order valence-electron chi connectivity index (χ2n) is 6.15. The van der Waals surface area contributed by atoms with Crippen LogP contribution in [0.5, 0.6) is 0 Å². The first-order valence-corrected chi connectivity index (χ1v) is 7.76. The van der Waals surface area contributed by atoms with Gasteiger partial charge in [0.25, 0.3) is 0 Å². The lowest BCUT2D eigenvalue weighted by Gasteiger charge is -2.43. The van der Waals surface area contributed by atoms with Crippen LogP contribution in [0.25, 0.3) is 0 Å². The second kappa shape index (κ2) is 6.19. The third kappa shape index (κ3) is 3.45. The molecule has 0 spiro atoms. The zero-order chi connectivity index (χ0) is 12.1. The number of likely N-dealkylation sites (N-methyl/N-ethyl adjacent to an activating group) is 1. The molecule has 2 aliphatic rings. The van der Waals surface area contributed by atoms with E-state index in [0.717, 1.165) is 12.5 Å². The first kappa shape index (κ1) is 13.4. The van der Waals surface area contributed by atoms with Crippen LogP contribution in [-0.2, 0) is 0 Å². The fourth-order valence-corrected chi connectivity index (χ4v) is 3.51. The lowest BCUT2D eigenvalue weighted by molar-refractivity contribution is 0.0805. The average Bonchev–Trinajstić information content (AvgIpc) is 3.16. The molecule has 2 rings (SSSR count). The maximum absolute atomic E-state index is 6.16. The number of rotatable bonds is 6. The van der Waals surface area contributed by atoms with Gasteiger partial charge in [-0.25, -0.2) is 0 Å². The molecule has 0 heterocycles. The van der Waals surface area contributed by atoms with E-state index >= 15 is 0 Å². The Bertz CT molecular complexity index is 215. The molecule has 0 aliphatic heterocycles. The van der Waals surface area contributed by atoms with Gasteiger partial charge in [0.1, 0.15) is 0 Å². The van der Waals surface area contributed by atoms with Crippen LogP contribution in [0.3, 0.4) is 0 Å². The highest BCUT2D eigenvalue weighted by atomic mass is 15.2. The molecule has 0 atom stereocenters. The van der Waals surface area contributed by atoms with Crippen molar-refractivity contribution in [3.63, 3.8) is 0 Å². The van der Waals surface area contributed by atoms with Gasteiger partial charge in [-0.05, 0) is 38.3 Å². The Balaban J connectivity index is 1.94. The van der Waals surface area contributed by atoms with Gasteiger partial charge in [0, 0.05) is 12.1 Å². The van der Waals surface area contributed by atoms with Crippen molar-refractivity contribution < 1.29 is 0 Å². The van der Waals surface area contributed by atoms with Gasteiger partial charge in [0.2, 0.25) is 0 Å². The van der Waals surface area contributed by atoms with Crippen LogP contribution in [-0.4, -0.2) is 30.1 Å². The summed E-state index contributed by atoms with van der Waals surface area (Å²) in [6, 6.07) is 0. The summed E-state index contributed by atoms with van der Waals surface area (Å²) in [4.78, 5) is 2.72. The first-order chi connectivity index (χ1) is 8.30. The average molecular weight is 238 g/mol. The normalized spacial score (nSPS) is 24.9. The van der Waals surface area contributed by atoms with Gasteiger partial charge in [0.15, 0.2) is 0 Å². The summed E-state index contributed by atoms with van der Waals surface area (Å²) in [5.74, 6) is 1.05. The number of hydrogen-bond donors (Lipinski definition) is 1. The molecular formula is C15H30N2. The van der Waals surface area contributed by atoms with Crippen molar-refractivity contribution in [2.24, 2.45) is 11.7 Å². The van der Waals surface area contributed by atoms with Crippen molar-refractivity contribution in [2.75, 3.05) is 19.6 Å². The SMILES string of the molecule is CCN(CCC1CC1)C1(CN)CCCCCC1. The summed E-state index contributed by atoms with van der Waals surface area (Å²) in [6.45, 7) is 5.66. The lowest BCUT2D eigenvalue weighted by Crippen LogP contribution is -2.54. The molecule has 17 heavy (non-hydrogen) atoms. The van der Waals surface area contributed by atoms with Gasteiger partial charge in [-0.2, -0.15) is 0 Å². The maximum atomic E-state index is 6.16. The fraction of sp³-hybridized carbons (Fsp3) is 1.00. The Morgan fingerprint density at radius 2 is 1.76 bits per heavy atom. The zero-order valence-corrected chi connectivity index (χ0v) is 11.6. The van der Waals surface area contributed by atoms with E-state index in [4.69, 9.17) is 5.73 Å². The first-order valence-electron chi connectivity index (χ1n) is 7.76. The largest absolute Gasteiger partial charge is 0.329 e. The van der Waals surface area contributed by atoms with Crippen molar-refractivity contribution >= 4 is 0 Å². The standard InChI is InChI=1S/C15H30N2/c1-2-17(12-9-14-7-8-14)15(13-16)10-5-3-4-6-11-15/h14H,2-13,16H2,1H3. The van der Waals surface area contributed by atoms with Crippen LogP contribution in [0, 0.1) is 5.92 Å². The Morgan fingerprint density at radius 3 is 2.24 bits per heavy atom. The van der Waals surface area contributed by atoms with E-state index < -0.39 is 0 Å². The minimum absolute atomic E-state index is 0.347. The molecule has 0 amide bonds. The summed E-state index contributed by atoms with van der Waals surface area (Å²) < 4.78 is 0. The Morgan fingerprint density at radius 1 is 1.12 bits per heavy atom. The van der Waals surface area contributed by atoms with Gasteiger partial charge >= 0.3 is 0 Å². The maximum Gasteiger partial charge on any atom is 0.0331 e. The third-order valence-corrected chi connectivity index (χ3v) is 4.97. The number of nitrogens with zero attached hydrogens (tertiary/aromatic N) is 1. The molecular weight excluding hydrogens is 208 g/mol. The molecule has 2 fully saturated rings. The summed E-state index contributed by atoms with van der Waals surface area (Å²) in [6.07, 6.45) is 12.7. The van der Waals surface area contributed by atoms with E-state index in [0.29, 0.717) is 5.54 Å². The molecule has 2 N–H and O–H groups in total. The quantitative estimate of drug-likeness (QED) is 0.720. The predicted octanol–water partition coefficient (Wildman–Crippen LogP) is 3.16. The molecule has 0 aromatic heterocycles. The van der Waals surface area contributed by atoms with Gasteiger partial charge in [-0.15, -0.1) is 0 Å². The summed E-state index contributed by atoms with van der Waals surface area (Å²) in [5.41, 5.74) is 6.51. The number of hydrogen-bond acceptors (Lipinski definition) is 2. The number of nitrogens with two attached hydrogens (primary N) is 1. The highest BCUT2D eigenvalue weighted by Crippen LogP contribution is 2.36. The molecule has 2 heteroatoms. The molecule has 100 valence electrons. The van der Waals surface area contributed by atoms with Crippen LogP contribution >= 0.6 is 0 Å². The van der Waals surface area contributed by atoms with E-state index in [1.807, 2.05) is 0 Å². The van der Waals surface area contributed by atoms with E-state index in [-0.39, 0.29) is 0 Å². The van der Waals surface area contributed by atoms with Crippen molar-refractivity contribution in [1.82, 2.24) is 4.90 Å². The summed E-state index contributed by atoms with van der Waals surface area (Å²) in [7, 11) is 0. The van der Waals surface area contributed by atoms with Crippen molar-refractivity contribution in [1.29, 1.82) is 0 Å². The van der Waals surface area contributed by atoms with Crippen molar-refractivity contribution in [3.05, 3.63) is 0 Å². The van der Waals surface area contributed by atoms with E-state index in [1.165, 1.54) is 70.9 Å². The van der Waals surface area contributed by atoms with Crippen LogP contribution in [0.2, 0.25) is 0 Å². The van der Waals surface area contributed by atoms with E-state index in [2.05, 4.69) is 11.8 Å². The van der Waals surface area contributed by atoms with E-state index in [9.17, 15) is 0 Å². The molecule has 2 saturated carbocycles. The molecule has 2 aliphatic carbocycles. The zero-order valence-electron chi connectivity index (χ0n) is 11.6. The van der Waals surface area contributed by atoms with Crippen molar-refractivity contribution in [3.8, 4) is 0 Å². The van der Waals surface area contributed by atoms with E-state index in [1.54, 1.807) is 0 Å². The minimum Gasteiger partial charge on any atom is -0.329 e. The van der Waals surface area contributed by atoms with Gasteiger partial charge in [0.05, 0.1) is 0 Å². The molecule has 0 unspecified atom stereocenters. The van der Waals surface area contributed by atoms with Crippen LogP contribution in [0.15, 0.2) is 0 Å². The van der Waals surface area contributed by atoms with Gasteiger partial charge < -0.3 is 5.73 Å². The topological polar surface area (TPSA) is 29.3 Å². The minimum atomic E-state index is 0.347. The second-order valence-corrected chi connectivity index (χ2v) is 6.15. The van der Waals surface area contributed by atoms with Gasteiger partial charge in [-0.1, -0.05) is 45.4 Å².